The topological polar surface area (TPSA) is 6.48 Å². The Morgan fingerprint density at radius 2 is 2.00 bits per heavy atom. The third-order valence-corrected chi connectivity index (χ3v) is 4.35. The average Bonchev–Trinajstić information content (AvgIpc) is 2.75. The van der Waals surface area contributed by atoms with Crippen molar-refractivity contribution in [2.24, 2.45) is 0 Å². The number of hydrogen-bond acceptors (Lipinski definition) is 2. The van der Waals surface area contributed by atoms with Gasteiger partial charge >= 0.3 is 0 Å². The van der Waals surface area contributed by atoms with Gasteiger partial charge in [-0.1, -0.05) is 24.3 Å². The van der Waals surface area contributed by atoms with Crippen molar-refractivity contribution in [1.82, 2.24) is 9.80 Å². The van der Waals surface area contributed by atoms with Crippen LogP contribution in [0.15, 0.2) is 24.3 Å². The Morgan fingerprint density at radius 3 is 2.76 bits per heavy atom. The van der Waals surface area contributed by atoms with Crippen LogP contribution in [-0.4, -0.2) is 42.5 Å². The molecule has 2 heterocycles. The molecule has 92 valence electrons. The number of fused-ring (bicyclic) bond motifs is 1. The maximum atomic E-state index is 2.63. The minimum absolute atomic E-state index is 0.792. The van der Waals surface area contributed by atoms with E-state index in [4.69, 9.17) is 0 Å². The molecule has 0 aromatic heterocycles. The third kappa shape index (κ3) is 2.38. The summed E-state index contributed by atoms with van der Waals surface area (Å²) in [5, 5.41) is 0. The van der Waals surface area contributed by atoms with Gasteiger partial charge in [0.05, 0.1) is 0 Å². The fourth-order valence-electron chi connectivity index (χ4n) is 3.22. The number of nitrogens with zero attached hydrogens (tertiary/aromatic N) is 2. The number of benzene rings is 1. The first-order valence-corrected chi connectivity index (χ1v) is 6.82. The summed E-state index contributed by atoms with van der Waals surface area (Å²) in [4.78, 5) is 5.16. The zero-order valence-corrected chi connectivity index (χ0v) is 10.7. The highest BCUT2D eigenvalue weighted by molar-refractivity contribution is 5.29. The number of likely N-dealkylation sites (N-methyl/N-ethyl adjacent to an activating group) is 1. The van der Waals surface area contributed by atoms with Crippen LogP contribution in [0.2, 0.25) is 0 Å². The van der Waals surface area contributed by atoms with E-state index in [1.54, 1.807) is 11.1 Å². The SMILES string of the molecule is CN1CCC[C@H]1CN1CCc2ccccc2C1. The quantitative estimate of drug-likeness (QED) is 0.768. The molecule has 17 heavy (non-hydrogen) atoms. The first kappa shape index (κ1) is 11.2. The van der Waals surface area contributed by atoms with E-state index in [0.29, 0.717) is 0 Å². The lowest BCUT2D eigenvalue weighted by molar-refractivity contribution is 0.181. The van der Waals surface area contributed by atoms with E-state index in [-0.39, 0.29) is 0 Å². The highest BCUT2D eigenvalue weighted by atomic mass is 15.2. The van der Waals surface area contributed by atoms with E-state index in [2.05, 4.69) is 41.1 Å². The summed E-state index contributed by atoms with van der Waals surface area (Å²) in [5.74, 6) is 0. The van der Waals surface area contributed by atoms with Crippen molar-refractivity contribution in [2.45, 2.75) is 31.8 Å². The normalized spacial score (nSPS) is 26.1. The van der Waals surface area contributed by atoms with Gasteiger partial charge in [0.2, 0.25) is 0 Å². The monoisotopic (exact) mass is 230 g/mol. The van der Waals surface area contributed by atoms with Crippen molar-refractivity contribution < 1.29 is 0 Å². The molecule has 1 aromatic rings. The predicted octanol–water partition coefficient (Wildman–Crippen LogP) is 2.14. The molecule has 0 radical (unpaired) electrons. The second-order valence-electron chi connectivity index (χ2n) is 5.53. The Labute approximate surface area is 104 Å². The van der Waals surface area contributed by atoms with E-state index in [0.717, 1.165) is 12.6 Å². The highest BCUT2D eigenvalue weighted by Gasteiger charge is 2.25. The summed E-state index contributed by atoms with van der Waals surface area (Å²) in [6.45, 7) is 4.93. The van der Waals surface area contributed by atoms with Crippen LogP contribution in [0.5, 0.6) is 0 Å². The summed E-state index contributed by atoms with van der Waals surface area (Å²) in [7, 11) is 2.27. The van der Waals surface area contributed by atoms with Crippen LogP contribution in [0, 0.1) is 0 Å². The van der Waals surface area contributed by atoms with Gasteiger partial charge in [-0.25, -0.2) is 0 Å². The number of rotatable bonds is 2. The molecule has 0 N–H and O–H groups in total. The van der Waals surface area contributed by atoms with Crippen LogP contribution >= 0.6 is 0 Å². The minimum Gasteiger partial charge on any atom is -0.302 e. The summed E-state index contributed by atoms with van der Waals surface area (Å²) in [6.07, 6.45) is 3.99. The fraction of sp³-hybridized carbons (Fsp3) is 0.600. The smallest absolute Gasteiger partial charge is 0.0237 e. The first-order chi connectivity index (χ1) is 8.33. The number of hydrogen-bond donors (Lipinski definition) is 0. The Bertz CT molecular complexity index is 388. The molecule has 0 aliphatic carbocycles. The maximum Gasteiger partial charge on any atom is 0.0237 e. The van der Waals surface area contributed by atoms with Crippen LogP contribution < -0.4 is 0 Å². The van der Waals surface area contributed by atoms with E-state index < -0.39 is 0 Å². The van der Waals surface area contributed by atoms with Gasteiger partial charge in [0.25, 0.3) is 0 Å². The molecule has 1 saturated heterocycles. The molecule has 0 saturated carbocycles. The van der Waals surface area contributed by atoms with E-state index in [1.807, 2.05) is 0 Å². The van der Waals surface area contributed by atoms with Gasteiger partial charge in [-0.05, 0) is 44.0 Å². The molecule has 3 rings (SSSR count). The fourth-order valence-corrected chi connectivity index (χ4v) is 3.22. The van der Waals surface area contributed by atoms with Gasteiger partial charge in [-0.2, -0.15) is 0 Å². The molecule has 2 heteroatoms. The molecule has 2 aliphatic heterocycles. The number of likely N-dealkylation sites (tertiary alicyclic amines) is 1. The van der Waals surface area contributed by atoms with Crippen LogP contribution in [0.1, 0.15) is 24.0 Å². The van der Waals surface area contributed by atoms with Crippen LogP contribution in [-0.2, 0) is 13.0 Å². The van der Waals surface area contributed by atoms with Crippen molar-refractivity contribution in [1.29, 1.82) is 0 Å². The molecule has 2 aliphatic rings. The molecular weight excluding hydrogens is 208 g/mol. The molecule has 1 aromatic carbocycles. The predicted molar refractivity (Wildman–Crippen MR) is 71.1 cm³/mol. The van der Waals surface area contributed by atoms with Crippen molar-refractivity contribution in [3.63, 3.8) is 0 Å². The van der Waals surface area contributed by atoms with Gasteiger partial charge in [0, 0.05) is 25.7 Å². The van der Waals surface area contributed by atoms with Gasteiger partial charge < -0.3 is 4.90 Å². The van der Waals surface area contributed by atoms with Crippen LogP contribution in [0.4, 0.5) is 0 Å². The highest BCUT2D eigenvalue weighted by Crippen LogP contribution is 2.21. The third-order valence-electron chi connectivity index (χ3n) is 4.35. The minimum atomic E-state index is 0.792. The van der Waals surface area contributed by atoms with Gasteiger partial charge in [0.1, 0.15) is 0 Å². The van der Waals surface area contributed by atoms with E-state index >= 15 is 0 Å². The Balaban J connectivity index is 1.64. The standard InChI is InChI=1S/C15H22N2/c1-16-9-4-7-15(16)12-17-10-8-13-5-2-3-6-14(13)11-17/h2-3,5-6,15H,4,7-12H2,1H3/t15-/m0/s1. The maximum absolute atomic E-state index is 2.63. The van der Waals surface area contributed by atoms with Gasteiger partial charge in [0.15, 0.2) is 0 Å². The molecule has 0 bridgehead atoms. The van der Waals surface area contributed by atoms with Crippen molar-refractivity contribution in [3.8, 4) is 0 Å². The van der Waals surface area contributed by atoms with Crippen LogP contribution in [0.3, 0.4) is 0 Å². The first-order valence-electron chi connectivity index (χ1n) is 6.82. The molecule has 0 amide bonds. The molecule has 0 spiro atoms. The Morgan fingerprint density at radius 1 is 1.18 bits per heavy atom. The summed E-state index contributed by atoms with van der Waals surface area (Å²) in [5.41, 5.74) is 3.10. The average molecular weight is 230 g/mol. The summed E-state index contributed by atoms with van der Waals surface area (Å²) >= 11 is 0. The lowest BCUT2D eigenvalue weighted by Crippen LogP contribution is -2.40. The second-order valence-corrected chi connectivity index (χ2v) is 5.53. The lowest BCUT2D eigenvalue weighted by Gasteiger charge is -2.32. The molecular formula is C15H22N2. The zero-order chi connectivity index (χ0) is 11.7. The van der Waals surface area contributed by atoms with Crippen LogP contribution in [0.25, 0.3) is 0 Å². The largest absolute Gasteiger partial charge is 0.302 e. The van der Waals surface area contributed by atoms with Crippen molar-refractivity contribution in [3.05, 3.63) is 35.4 Å². The molecule has 1 fully saturated rings. The molecule has 1 atom stereocenters. The zero-order valence-electron chi connectivity index (χ0n) is 10.7. The van der Waals surface area contributed by atoms with Crippen molar-refractivity contribution in [2.75, 3.05) is 26.7 Å². The summed E-state index contributed by atoms with van der Waals surface area (Å²) < 4.78 is 0. The van der Waals surface area contributed by atoms with E-state index in [1.165, 1.54) is 38.9 Å². The van der Waals surface area contributed by atoms with Gasteiger partial charge in [-0.3, -0.25) is 4.90 Å². The summed E-state index contributed by atoms with van der Waals surface area (Å²) in [6, 6.07) is 9.71. The van der Waals surface area contributed by atoms with Crippen molar-refractivity contribution >= 4 is 0 Å². The Kier molecular flexibility index (Phi) is 3.17. The van der Waals surface area contributed by atoms with Gasteiger partial charge in [-0.15, -0.1) is 0 Å². The molecule has 0 unspecified atom stereocenters. The molecule has 2 nitrogen and oxygen atoms in total. The Hall–Kier alpha value is -0.860. The second kappa shape index (κ2) is 4.79. The lowest BCUT2D eigenvalue weighted by atomic mass is 9.99. The van der Waals surface area contributed by atoms with E-state index in [9.17, 15) is 0 Å².